The molecule has 2 aromatic rings. The Hall–Kier alpha value is -2.82. The maximum atomic E-state index is 13.1. The highest BCUT2D eigenvalue weighted by Crippen LogP contribution is 2.28. The molecule has 0 spiro atoms. The number of hydrogen-bond donors (Lipinski definition) is 3. The highest BCUT2D eigenvalue weighted by atomic mass is 32.1. The van der Waals surface area contributed by atoms with Crippen LogP contribution in [0.25, 0.3) is 10.4 Å². The van der Waals surface area contributed by atoms with Crippen molar-refractivity contribution in [2.75, 3.05) is 13.1 Å². The van der Waals surface area contributed by atoms with Gasteiger partial charge in [0, 0.05) is 25.2 Å². The fourth-order valence-corrected chi connectivity index (χ4v) is 5.61. The van der Waals surface area contributed by atoms with Gasteiger partial charge < -0.3 is 20.3 Å². The van der Waals surface area contributed by atoms with E-state index in [1.54, 1.807) is 39.0 Å². The fourth-order valence-electron chi connectivity index (χ4n) is 4.80. The van der Waals surface area contributed by atoms with Gasteiger partial charge in [0.25, 0.3) is 0 Å². The Bertz CT molecular complexity index is 1070. The smallest absolute Gasteiger partial charge is 0.408 e. The number of rotatable bonds is 9. The highest BCUT2D eigenvalue weighted by Gasteiger charge is 2.40. The predicted molar refractivity (Wildman–Crippen MR) is 139 cm³/mol. The van der Waals surface area contributed by atoms with Gasteiger partial charge in [0.05, 0.1) is 34.3 Å². The predicted octanol–water partition coefficient (Wildman–Crippen LogP) is 3.15. The van der Waals surface area contributed by atoms with Gasteiger partial charge in [-0.3, -0.25) is 14.6 Å². The van der Waals surface area contributed by atoms with E-state index in [0.717, 1.165) is 26.6 Å². The quantitative estimate of drug-likeness (QED) is 0.438. The number of carbonyl (C=O) groups excluding carboxylic acids is 2. The van der Waals surface area contributed by atoms with Crippen LogP contribution in [-0.2, 0) is 16.1 Å². The van der Waals surface area contributed by atoms with Gasteiger partial charge in [0.15, 0.2) is 0 Å². The Morgan fingerprint density at radius 3 is 2.50 bits per heavy atom. The monoisotopic (exact) mass is 516 g/mol. The second kappa shape index (κ2) is 11.5. The van der Waals surface area contributed by atoms with E-state index in [-0.39, 0.29) is 18.2 Å². The number of amides is 2. The van der Waals surface area contributed by atoms with Crippen molar-refractivity contribution in [3.63, 3.8) is 0 Å². The molecule has 9 nitrogen and oxygen atoms in total. The fraction of sp³-hybridized carbons (Fsp3) is 0.538. The van der Waals surface area contributed by atoms with Gasteiger partial charge in [-0.05, 0) is 51.2 Å². The first-order chi connectivity index (χ1) is 16.9. The lowest BCUT2D eigenvalue weighted by Crippen LogP contribution is -2.56. The number of aliphatic hydroxyl groups is 1. The summed E-state index contributed by atoms with van der Waals surface area (Å²) in [6, 6.07) is 6.54. The summed E-state index contributed by atoms with van der Waals surface area (Å²) in [5.41, 5.74) is 4.08. The molecule has 1 aliphatic rings. The number of aromatic nitrogens is 1. The van der Waals surface area contributed by atoms with Crippen molar-refractivity contribution in [1.82, 2.24) is 20.1 Å². The van der Waals surface area contributed by atoms with Gasteiger partial charge in [0.2, 0.25) is 5.91 Å². The normalized spacial score (nSPS) is 20.1. The number of aryl methyl sites for hydroxylation is 1. The minimum Gasteiger partial charge on any atom is -0.465 e. The van der Waals surface area contributed by atoms with E-state index in [4.69, 9.17) is 0 Å². The zero-order valence-electron chi connectivity index (χ0n) is 21.5. The molecular weight excluding hydrogens is 480 g/mol. The third kappa shape index (κ3) is 6.48. The first-order valence-corrected chi connectivity index (χ1v) is 13.0. The van der Waals surface area contributed by atoms with E-state index in [2.05, 4.69) is 10.3 Å². The molecule has 1 aromatic heterocycles. The summed E-state index contributed by atoms with van der Waals surface area (Å²) in [5, 5.41) is 23.0. The van der Waals surface area contributed by atoms with Crippen molar-refractivity contribution in [1.29, 1.82) is 0 Å². The molecule has 0 radical (unpaired) electrons. The molecule has 2 amide bonds. The van der Waals surface area contributed by atoms with Crippen LogP contribution < -0.4 is 5.32 Å². The maximum absolute atomic E-state index is 13.1. The molecule has 1 saturated heterocycles. The van der Waals surface area contributed by atoms with Crippen LogP contribution >= 0.6 is 11.3 Å². The molecule has 10 heteroatoms. The lowest BCUT2D eigenvalue weighted by molar-refractivity contribution is -0.126. The summed E-state index contributed by atoms with van der Waals surface area (Å²) in [7, 11) is 0. The Balaban J connectivity index is 1.63. The lowest BCUT2D eigenvalue weighted by Gasteiger charge is -2.40. The van der Waals surface area contributed by atoms with E-state index in [0.29, 0.717) is 25.9 Å². The van der Waals surface area contributed by atoms with Crippen molar-refractivity contribution in [2.24, 2.45) is 5.92 Å². The standard InChI is InChI=1S/C26H36N4O5S/c1-16(22(14-31)30(25(34)35)26(3,4)5)12-29-13-20(32)10-21(29)24(33)27-11-18-6-8-19(9-7-18)23-17(2)28-15-36-23/h6-9,14-16,20-22,32H,10-13H2,1-5H3,(H,27,33)(H,34,35)/t16-,20-,21+,22?/m1/s1. The van der Waals surface area contributed by atoms with E-state index in [9.17, 15) is 24.6 Å². The maximum Gasteiger partial charge on any atom is 0.408 e. The summed E-state index contributed by atoms with van der Waals surface area (Å²) in [4.78, 5) is 45.3. The number of β-amino-alcohol motifs (C(OH)–C–C–N with tert-alkyl or cyclic N) is 1. The molecule has 0 bridgehead atoms. The summed E-state index contributed by atoms with van der Waals surface area (Å²) in [6.45, 7) is 9.95. The SMILES string of the molecule is Cc1ncsc1-c1ccc(CNC(=O)[C@@H]2C[C@@H](O)CN2C[C@@H](C)C(C=O)N(C(=O)O)C(C)(C)C)cc1. The molecule has 196 valence electrons. The summed E-state index contributed by atoms with van der Waals surface area (Å²) < 4.78 is 0. The number of hydrogen-bond acceptors (Lipinski definition) is 7. The minimum atomic E-state index is -1.17. The van der Waals surface area contributed by atoms with Crippen LogP contribution in [0.1, 0.15) is 45.4 Å². The van der Waals surface area contributed by atoms with Crippen molar-refractivity contribution in [2.45, 2.75) is 71.3 Å². The second-order valence-electron chi connectivity index (χ2n) is 10.5. The van der Waals surface area contributed by atoms with Gasteiger partial charge in [-0.15, -0.1) is 11.3 Å². The first-order valence-electron chi connectivity index (χ1n) is 12.1. The molecule has 0 saturated carbocycles. The molecular formula is C26H36N4O5S. The third-order valence-electron chi connectivity index (χ3n) is 6.58. The van der Waals surface area contributed by atoms with Crippen LogP contribution in [-0.4, -0.2) is 80.1 Å². The Morgan fingerprint density at radius 1 is 1.31 bits per heavy atom. The molecule has 1 aliphatic heterocycles. The average molecular weight is 517 g/mol. The van der Waals surface area contributed by atoms with Crippen LogP contribution in [0.15, 0.2) is 29.8 Å². The summed E-state index contributed by atoms with van der Waals surface area (Å²) >= 11 is 1.59. The Morgan fingerprint density at radius 2 is 1.97 bits per heavy atom. The number of likely N-dealkylation sites (tertiary alicyclic amines) is 1. The molecule has 36 heavy (non-hydrogen) atoms. The highest BCUT2D eigenvalue weighted by molar-refractivity contribution is 7.13. The Kier molecular flexibility index (Phi) is 8.86. The number of aliphatic hydroxyl groups excluding tert-OH is 1. The van der Waals surface area contributed by atoms with Crippen molar-refractivity contribution < 1.29 is 24.6 Å². The van der Waals surface area contributed by atoms with Crippen LogP contribution in [0.4, 0.5) is 4.79 Å². The molecule has 3 N–H and O–H groups in total. The van der Waals surface area contributed by atoms with Crippen molar-refractivity contribution in [3.8, 4) is 10.4 Å². The van der Waals surface area contributed by atoms with Gasteiger partial charge in [-0.2, -0.15) is 0 Å². The zero-order valence-corrected chi connectivity index (χ0v) is 22.3. The van der Waals surface area contributed by atoms with Crippen molar-refractivity contribution in [3.05, 3.63) is 41.0 Å². The zero-order chi connectivity index (χ0) is 26.6. The number of carbonyl (C=O) groups is 3. The van der Waals surface area contributed by atoms with E-state index in [1.165, 1.54) is 0 Å². The van der Waals surface area contributed by atoms with Gasteiger partial charge in [-0.25, -0.2) is 9.78 Å². The van der Waals surface area contributed by atoms with Crippen LogP contribution in [0.2, 0.25) is 0 Å². The van der Waals surface area contributed by atoms with Crippen molar-refractivity contribution >= 4 is 29.6 Å². The third-order valence-corrected chi connectivity index (χ3v) is 7.56. The summed E-state index contributed by atoms with van der Waals surface area (Å²) in [5.74, 6) is -0.573. The molecule has 4 atom stereocenters. The molecule has 3 rings (SSSR count). The number of aldehydes is 1. The first kappa shape index (κ1) is 27.8. The van der Waals surface area contributed by atoms with E-state index >= 15 is 0 Å². The number of nitrogens with one attached hydrogen (secondary N) is 1. The number of nitrogens with zero attached hydrogens (tertiary/aromatic N) is 3. The molecule has 1 unspecified atom stereocenters. The summed E-state index contributed by atoms with van der Waals surface area (Å²) in [6.07, 6.45) is -0.889. The van der Waals surface area contributed by atoms with E-state index < -0.39 is 29.8 Å². The van der Waals surface area contributed by atoms with Gasteiger partial charge >= 0.3 is 6.09 Å². The molecule has 2 heterocycles. The number of carboxylic acid groups (broad SMARTS) is 1. The lowest BCUT2D eigenvalue weighted by atomic mass is 9.95. The van der Waals surface area contributed by atoms with Crippen LogP contribution in [0.3, 0.4) is 0 Å². The van der Waals surface area contributed by atoms with Crippen LogP contribution in [0, 0.1) is 12.8 Å². The molecule has 1 fully saturated rings. The Labute approximate surface area is 216 Å². The minimum absolute atomic E-state index is 0.199. The number of benzene rings is 1. The topological polar surface area (TPSA) is 123 Å². The van der Waals surface area contributed by atoms with E-state index in [1.807, 2.05) is 41.6 Å². The van der Waals surface area contributed by atoms with Gasteiger partial charge in [0.1, 0.15) is 6.29 Å². The number of thiazole rings is 1. The molecule has 1 aromatic carbocycles. The van der Waals surface area contributed by atoms with Gasteiger partial charge in [-0.1, -0.05) is 31.2 Å². The largest absolute Gasteiger partial charge is 0.465 e. The average Bonchev–Trinajstić information content (AvgIpc) is 3.39. The molecule has 0 aliphatic carbocycles. The second-order valence-corrected chi connectivity index (χ2v) is 11.3. The van der Waals surface area contributed by atoms with Crippen LogP contribution in [0.5, 0.6) is 0 Å².